The summed E-state index contributed by atoms with van der Waals surface area (Å²) in [6, 6.07) is 2.41. The van der Waals surface area contributed by atoms with Crippen LogP contribution in [-0.2, 0) is 10.0 Å². The SMILES string of the molecule is [NH]S(=O)(=O)c1ccc(Cl)c(Cl)c1Cl. The summed E-state index contributed by atoms with van der Waals surface area (Å²) in [5.41, 5.74) is 0. The zero-order valence-electron chi connectivity index (χ0n) is 6.01. The third-order valence-electron chi connectivity index (χ3n) is 1.29. The van der Waals surface area contributed by atoms with Gasteiger partial charge >= 0.3 is 0 Å². The predicted molar refractivity (Wildman–Crippen MR) is 51.8 cm³/mol. The van der Waals surface area contributed by atoms with Crippen LogP contribution in [0, 0.1) is 0 Å². The van der Waals surface area contributed by atoms with E-state index in [2.05, 4.69) is 0 Å². The topological polar surface area (TPSA) is 57.9 Å². The zero-order valence-corrected chi connectivity index (χ0v) is 9.10. The summed E-state index contributed by atoms with van der Waals surface area (Å²) < 4.78 is 21.6. The molecule has 0 saturated heterocycles. The first-order chi connectivity index (χ1) is 5.84. The lowest BCUT2D eigenvalue weighted by molar-refractivity contribution is 0.596. The first-order valence-corrected chi connectivity index (χ1v) is 5.59. The lowest BCUT2D eigenvalue weighted by Gasteiger charge is -2.03. The van der Waals surface area contributed by atoms with Gasteiger partial charge in [-0.3, -0.25) is 0 Å². The van der Waals surface area contributed by atoms with E-state index in [-0.39, 0.29) is 20.0 Å². The molecule has 0 aliphatic heterocycles. The van der Waals surface area contributed by atoms with Gasteiger partial charge in [0, 0.05) is 0 Å². The third kappa shape index (κ3) is 2.27. The third-order valence-corrected chi connectivity index (χ3v) is 3.61. The average Bonchev–Trinajstić information content (AvgIpc) is 1.98. The average molecular weight is 260 g/mol. The number of hydrogen-bond donors (Lipinski definition) is 0. The second-order valence-electron chi connectivity index (χ2n) is 2.18. The van der Waals surface area contributed by atoms with Crippen LogP contribution in [0.25, 0.3) is 0 Å². The van der Waals surface area contributed by atoms with Gasteiger partial charge in [-0.2, -0.15) is 0 Å². The van der Waals surface area contributed by atoms with Gasteiger partial charge in [-0.1, -0.05) is 34.8 Å². The molecule has 1 aromatic carbocycles. The maximum absolute atomic E-state index is 10.8. The summed E-state index contributed by atoms with van der Waals surface area (Å²) >= 11 is 16.7. The number of sulfonamides is 1. The normalized spacial score (nSPS) is 11.7. The molecule has 0 aliphatic carbocycles. The molecule has 71 valence electrons. The van der Waals surface area contributed by atoms with Crippen LogP contribution < -0.4 is 5.14 Å². The molecule has 1 aromatic rings. The van der Waals surface area contributed by atoms with E-state index in [1.165, 1.54) is 6.07 Å². The minimum Gasteiger partial charge on any atom is -0.206 e. The molecule has 0 unspecified atom stereocenters. The highest BCUT2D eigenvalue weighted by Crippen LogP contribution is 2.34. The van der Waals surface area contributed by atoms with Gasteiger partial charge in [0.25, 0.3) is 10.0 Å². The monoisotopic (exact) mass is 258 g/mol. The minimum absolute atomic E-state index is 0.0586. The Bertz CT molecular complexity index is 443. The molecule has 13 heavy (non-hydrogen) atoms. The van der Waals surface area contributed by atoms with Crippen LogP contribution >= 0.6 is 34.8 Å². The molecule has 1 N–H and O–H groups in total. The number of benzene rings is 1. The van der Waals surface area contributed by atoms with Crippen molar-refractivity contribution in [1.29, 1.82) is 0 Å². The van der Waals surface area contributed by atoms with Crippen LogP contribution in [0.15, 0.2) is 17.0 Å². The van der Waals surface area contributed by atoms with Crippen molar-refractivity contribution in [3.8, 4) is 0 Å². The smallest absolute Gasteiger partial charge is 0.206 e. The number of halogens is 3. The van der Waals surface area contributed by atoms with Crippen LogP contribution in [0.5, 0.6) is 0 Å². The van der Waals surface area contributed by atoms with Gasteiger partial charge in [-0.25, -0.2) is 8.42 Å². The molecule has 0 amide bonds. The highest BCUT2D eigenvalue weighted by atomic mass is 35.5. The molecule has 0 aromatic heterocycles. The summed E-state index contributed by atoms with van der Waals surface area (Å²) in [6.07, 6.45) is 0. The van der Waals surface area contributed by atoms with Gasteiger partial charge in [-0.05, 0) is 12.1 Å². The van der Waals surface area contributed by atoms with Gasteiger partial charge in [0.15, 0.2) is 0 Å². The van der Waals surface area contributed by atoms with Crippen molar-refractivity contribution in [2.75, 3.05) is 0 Å². The van der Waals surface area contributed by atoms with Crippen molar-refractivity contribution in [2.24, 2.45) is 0 Å². The van der Waals surface area contributed by atoms with Crippen LogP contribution in [0.2, 0.25) is 15.1 Å². The summed E-state index contributed by atoms with van der Waals surface area (Å²) in [7, 11) is -4.10. The first-order valence-electron chi connectivity index (χ1n) is 2.97. The van der Waals surface area contributed by atoms with E-state index in [1.807, 2.05) is 0 Å². The number of nitrogens with one attached hydrogen (secondary N) is 1. The highest BCUT2D eigenvalue weighted by molar-refractivity contribution is 7.89. The van der Waals surface area contributed by atoms with E-state index in [1.54, 1.807) is 0 Å². The Morgan fingerprint density at radius 3 is 2.08 bits per heavy atom. The maximum atomic E-state index is 10.8. The van der Waals surface area contributed by atoms with Crippen molar-refractivity contribution >= 4 is 44.8 Å². The quantitative estimate of drug-likeness (QED) is 0.728. The fourth-order valence-electron chi connectivity index (χ4n) is 0.716. The van der Waals surface area contributed by atoms with Gasteiger partial charge in [0.05, 0.1) is 15.1 Å². The molecule has 1 radical (unpaired) electrons. The Hall–Kier alpha value is -0.000000000000000167. The van der Waals surface area contributed by atoms with Crippen LogP contribution in [0.1, 0.15) is 0 Å². The molecular formula is C6H3Cl3NO2S. The summed E-state index contributed by atoms with van der Waals surface area (Å²) in [6.45, 7) is 0. The van der Waals surface area contributed by atoms with E-state index in [4.69, 9.17) is 39.9 Å². The van der Waals surface area contributed by atoms with E-state index < -0.39 is 10.0 Å². The molecule has 7 heteroatoms. The summed E-state index contributed by atoms with van der Waals surface area (Å²) in [5.74, 6) is 0. The Kier molecular flexibility index (Phi) is 3.09. The lowest BCUT2D eigenvalue weighted by atomic mass is 10.4. The van der Waals surface area contributed by atoms with Gasteiger partial charge in [0.2, 0.25) is 0 Å². The first kappa shape index (κ1) is 11.1. The highest BCUT2D eigenvalue weighted by Gasteiger charge is 2.17. The second kappa shape index (κ2) is 3.63. The van der Waals surface area contributed by atoms with Crippen molar-refractivity contribution in [2.45, 2.75) is 4.90 Å². The Morgan fingerprint density at radius 2 is 1.62 bits per heavy atom. The van der Waals surface area contributed by atoms with Crippen molar-refractivity contribution < 1.29 is 8.42 Å². The van der Waals surface area contributed by atoms with Gasteiger partial charge in [0.1, 0.15) is 4.90 Å². The maximum Gasteiger partial charge on any atom is 0.255 e. The summed E-state index contributed by atoms with van der Waals surface area (Å²) in [5, 5.41) is 6.64. The van der Waals surface area contributed by atoms with E-state index in [0.717, 1.165) is 6.07 Å². The largest absolute Gasteiger partial charge is 0.255 e. The Morgan fingerprint density at radius 1 is 1.08 bits per heavy atom. The molecule has 0 heterocycles. The van der Waals surface area contributed by atoms with Crippen LogP contribution in [-0.4, -0.2) is 8.42 Å². The Labute approximate surface area is 90.4 Å². The van der Waals surface area contributed by atoms with E-state index in [0.29, 0.717) is 0 Å². The van der Waals surface area contributed by atoms with Gasteiger partial charge in [-0.15, -0.1) is 5.14 Å². The molecule has 0 bridgehead atoms. The molecule has 0 aliphatic rings. The fourth-order valence-corrected chi connectivity index (χ4v) is 2.20. The molecule has 0 atom stereocenters. The molecule has 3 nitrogen and oxygen atoms in total. The number of hydrogen-bond acceptors (Lipinski definition) is 2. The van der Waals surface area contributed by atoms with Crippen LogP contribution in [0.4, 0.5) is 0 Å². The van der Waals surface area contributed by atoms with Gasteiger partial charge < -0.3 is 0 Å². The lowest BCUT2D eigenvalue weighted by Crippen LogP contribution is -2.01. The molecule has 0 saturated carbocycles. The van der Waals surface area contributed by atoms with Crippen molar-refractivity contribution in [3.63, 3.8) is 0 Å². The van der Waals surface area contributed by atoms with Crippen molar-refractivity contribution in [3.05, 3.63) is 27.2 Å². The van der Waals surface area contributed by atoms with E-state index in [9.17, 15) is 8.42 Å². The predicted octanol–water partition coefficient (Wildman–Crippen LogP) is 2.62. The number of rotatable bonds is 1. The Balaban J connectivity index is 3.53. The van der Waals surface area contributed by atoms with Crippen molar-refractivity contribution in [1.82, 2.24) is 5.14 Å². The molecule has 0 spiro atoms. The second-order valence-corrected chi connectivity index (χ2v) is 4.79. The minimum atomic E-state index is -4.10. The fraction of sp³-hybridized carbons (Fsp3) is 0. The molecular weight excluding hydrogens is 256 g/mol. The summed E-state index contributed by atoms with van der Waals surface area (Å²) in [4.78, 5) is -0.344. The molecule has 1 rings (SSSR count). The van der Waals surface area contributed by atoms with Crippen LogP contribution in [0.3, 0.4) is 0 Å². The standard InChI is InChI=1S/C6H3Cl3NO2S/c7-3-1-2-4(13(10,11)12)6(9)5(3)8/h1-2,10H. The van der Waals surface area contributed by atoms with E-state index >= 15 is 0 Å². The molecule has 0 fully saturated rings. The zero-order chi connectivity index (χ0) is 10.2.